The smallest absolute Gasteiger partial charge is 0.373 e. The Labute approximate surface area is 108 Å². The van der Waals surface area contributed by atoms with Crippen LogP contribution in [0.1, 0.15) is 57.8 Å². The summed E-state index contributed by atoms with van der Waals surface area (Å²) in [5.74, 6) is -1.41. The van der Waals surface area contributed by atoms with E-state index in [2.05, 4.69) is 11.3 Å². The molecule has 0 amide bonds. The van der Waals surface area contributed by atoms with Gasteiger partial charge in [-0.2, -0.15) is 8.78 Å². The van der Waals surface area contributed by atoms with Gasteiger partial charge in [-0.05, 0) is 19.3 Å². The molecule has 0 unspecified atom stereocenters. The molecule has 0 radical (unpaired) electrons. The first-order chi connectivity index (χ1) is 8.68. The normalized spacial score (nSPS) is 10.6. The second-order valence-corrected chi connectivity index (χ2v) is 4.37. The van der Waals surface area contributed by atoms with E-state index in [-0.39, 0.29) is 6.61 Å². The zero-order chi connectivity index (χ0) is 13.6. The van der Waals surface area contributed by atoms with Gasteiger partial charge in [-0.1, -0.05) is 44.6 Å². The average Bonchev–Trinajstić information content (AvgIpc) is 2.35. The number of carbonyl (C=O) groups excluding carboxylic acids is 1. The number of halogens is 2. The molecule has 0 aromatic heterocycles. The molecule has 18 heavy (non-hydrogen) atoms. The first-order valence-electron chi connectivity index (χ1n) is 6.74. The Balaban J connectivity index is 3.07. The Morgan fingerprint density at radius 2 is 1.50 bits per heavy atom. The number of ether oxygens (including phenoxy) is 1. The van der Waals surface area contributed by atoms with E-state index in [0.29, 0.717) is 6.42 Å². The Morgan fingerprint density at radius 1 is 1.00 bits per heavy atom. The molecule has 0 aromatic rings. The third-order valence-electron chi connectivity index (χ3n) is 2.73. The van der Waals surface area contributed by atoms with Gasteiger partial charge in [0.05, 0.1) is 6.61 Å². The first kappa shape index (κ1) is 17.1. The van der Waals surface area contributed by atoms with Crippen LogP contribution in [0.15, 0.2) is 12.7 Å². The van der Waals surface area contributed by atoms with Crippen molar-refractivity contribution in [2.75, 3.05) is 6.61 Å². The van der Waals surface area contributed by atoms with E-state index < -0.39 is 12.4 Å². The zero-order valence-electron chi connectivity index (χ0n) is 11.0. The van der Waals surface area contributed by atoms with Crippen molar-refractivity contribution in [2.45, 2.75) is 64.2 Å². The van der Waals surface area contributed by atoms with Crippen molar-refractivity contribution in [2.24, 2.45) is 0 Å². The number of carbonyl (C=O) groups is 1. The number of esters is 1. The second kappa shape index (κ2) is 12.5. The number of hydrogen-bond acceptors (Lipinski definition) is 2. The fourth-order valence-electron chi connectivity index (χ4n) is 1.69. The van der Waals surface area contributed by atoms with Gasteiger partial charge in [-0.3, -0.25) is 0 Å². The van der Waals surface area contributed by atoms with Crippen molar-refractivity contribution in [1.29, 1.82) is 0 Å². The van der Waals surface area contributed by atoms with Crippen molar-refractivity contribution in [1.82, 2.24) is 0 Å². The molecule has 0 aliphatic heterocycles. The lowest BCUT2D eigenvalue weighted by molar-refractivity contribution is -0.156. The maximum Gasteiger partial charge on any atom is 0.373 e. The van der Waals surface area contributed by atoms with Gasteiger partial charge < -0.3 is 4.74 Å². The largest absolute Gasteiger partial charge is 0.461 e. The predicted octanol–water partition coefficient (Wildman–Crippen LogP) is 4.49. The van der Waals surface area contributed by atoms with Crippen molar-refractivity contribution >= 4 is 5.97 Å². The molecule has 0 heterocycles. The minimum absolute atomic E-state index is 0.114. The molecular weight excluding hydrogens is 238 g/mol. The lowest BCUT2D eigenvalue weighted by Crippen LogP contribution is -2.14. The van der Waals surface area contributed by atoms with E-state index in [1.165, 1.54) is 25.7 Å². The molecule has 0 spiro atoms. The Kier molecular flexibility index (Phi) is 11.9. The van der Waals surface area contributed by atoms with Crippen molar-refractivity contribution in [3.05, 3.63) is 12.7 Å². The summed E-state index contributed by atoms with van der Waals surface area (Å²) in [7, 11) is 0. The van der Waals surface area contributed by atoms with E-state index >= 15 is 0 Å². The van der Waals surface area contributed by atoms with Gasteiger partial charge in [0.1, 0.15) is 0 Å². The highest BCUT2D eigenvalue weighted by Gasteiger charge is 2.15. The molecule has 4 heteroatoms. The summed E-state index contributed by atoms with van der Waals surface area (Å²) < 4.78 is 27.9. The lowest BCUT2D eigenvalue weighted by Gasteiger charge is -2.04. The van der Waals surface area contributed by atoms with E-state index in [0.717, 1.165) is 25.7 Å². The fraction of sp³-hybridized carbons (Fsp3) is 0.786. The zero-order valence-corrected chi connectivity index (χ0v) is 11.0. The van der Waals surface area contributed by atoms with Crippen LogP contribution < -0.4 is 0 Å². The van der Waals surface area contributed by atoms with E-state index in [9.17, 15) is 13.6 Å². The van der Waals surface area contributed by atoms with Gasteiger partial charge in [0, 0.05) is 0 Å². The average molecular weight is 262 g/mol. The van der Waals surface area contributed by atoms with Crippen molar-refractivity contribution in [3.8, 4) is 0 Å². The highest BCUT2D eigenvalue weighted by molar-refractivity contribution is 5.72. The van der Waals surface area contributed by atoms with Crippen LogP contribution in [0.4, 0.5) is 8.78 Å². The molecule has 106 valence electrons. The molecule has 0 aliphatic rings. The highest BCUT2D eigenvalue weighted by atomic mass is 19.3. The summed E-state index contributed by atoms with van der Waals surface area (Å²) in [6, 6.07) is 0. The van der Waals surface area contributed by atoms with Crippen LogP contribution in [-0.2, 0) is 9.53 Å². The first-order valence-corrected chi connectivity index (χ1v) is 6.74. The monoisotopic (exact) mass is 262 g/mol. The topological polar surface area (TPSA) is 26.3 Å². The van der Waals surface area contributed by atoms with Crippen LogP contribution >= 0.6 is 0 Å². The standard InChI is InChI=1S/C14H24F2O2/c1-2-3-4-5-6-7-8-9-10-11-12-18-14(17)13(15)16/h2,13H,1,3-12H2. The van der Waals surface area contributed by atoms with Gasteiger partial charge in [-0.15, -0.1) is 6.58 Å². The number of rotatable bonds is 12. The number of alkyl halides is 2. The number of allylic oxidation sites excluding steroid dienone is 1. The fourth-order valence-corrected chi connectivity index (χ4v) is 1.69. The highest BCUT2D eigenvalue weighted by Crippen LogP contribution is 2.10. The summed E-state index contributed by atoms with van der Waals surface area (Å²) in [4.78, 5) is 10.4. The summed E-state index contributed by atoms with van der Waals surface area (Å²) in [6.45, 7) is 3.79. The van der Waals surface area contributed by atoms with Crippen molar-refractivity contribution in [3.63, 3.8) is 0 Å². The minimum atomic E-state index is -3.00. The number of unbranched alkanes of at least 4 members (excludes halogenated alkanes) is 8. The molecule has 0 fully saturated rings. The maximum atomic E-state index is 11.8. The molecule has 0 saturated heterocycles. The third kappa shape index (κ3) is 11.6. The van der Waals surface area contributed by atoms with Crippen molar-refractivity contribution < 1.29 is 18.3 Å². The summed E-state index contributed by atoms with van der Waals surface area (Å²) in [6.07, 6.45) is 8.81. The quantitative estimate of drug-likeness (QED) is 0.294. The maximum absolute atomic E-state index is 11.8. The van der Waals surface area contributed by atoms with Gasteiger partial charge in [0.2, 0.25) is 0 Å². The second-order valence-electron chi connectivity index (χ2n) is 4.37. The Bertz CT molecular complexity index is 218. The van der Waals surface area contributed by atoms with Crippen LogP contribution in [0.5, 0.6) is 0 Å². The molecule has 0 aromatic carbocycles. The van der Waals surface area contributed by atoms with Gasteiger partial charge in [0.25, 0.3) is 0 Å². The molecule has 0 saturated carbocycles. The van der Waals surface area contributed by atoms with Gasteiger partial charge in [0.15, 0.2) is 0 Å². The van der Waals surface area contributed by atoms with Gasteiger partial charge >= 0.3 is 12.4 Å². The summed E-state index contributed by atoms with van der Waals surface area (Å²) >= 11 is 0. The molecule has 0 N–H and O–H groups in total. The molecule has 0 bridgehead atoms. The SMILES string of the molecule is C=CCCCCCCCCCCOC(=O)C(F)F. The summed E-state index contributed by atoms with van der Waals surface area (Å²) in [5.41, 5.74) is 0. The Hall–Kier alpha value is -0.930. The molecule has 0 rings (SSSR count). The van der Waals surface area contributed by atoms with Gasteiger partial charge in [-0.25, -0.2) is 4.79 Å². The number of hydrogen-bond donors (Lipinski definition) is 0. The summed E-state index contributed by atoms with van der Waals surface area (Å²) in [5, 5.41) is 0. The van der Waals surface area contributed by atoms with Crippen LogP contribution in [0.2, 0.25) is 0 Å². The minimum Gasteiger partial charge on any atom is -0.461 e. The van der Waals surface area contributed by atoms with Crippen LogP contribution in [0.3, 0.4) is 0 Å². The predicted molar refractivity (Wildman–Crippen MR) is 68.7 cm³/mol. The lowest BCUT2D eigenvalue weighted by atomic mass is 10.1. The van der Waals surface area contributed by atoms with Crippen LogP contribution in [0, 0.1) is 0 Å². The van der Waals surface area contributed by atoms with E-state index in [4.69, 9.17) is 0 Å². The molecule has 0 atom stereocenters. The molecule has 0 aliphatic carbocycles. The van der Waals surface area contributed by atoms with Crippen LogP contribution in [0.25, 0.3) is 0 Å². The van der Waals surface area contributed by atoms with Crippen LogP contribution in [-0.4, -0.2) is 19.0 Å². The Morgan fingerprint density at radius 3 is 2.00 bits per heavy atom. The third-order valence-corrected chi connectivity index (χ3v) is 2.73. The molecule has 2 nitrogen and oxygen atoms in total. The molecular formula is C14H24F2O2. The van der Waals surface area contributed by atoms with E-state index in [1.54, 1.807) is 0 Å². The van der Waals surface area contributed by atoms with E-state index in [1.807, 2.05) is 6.08 Å².